The number of azide groups is 1. The van der Waals surface area contributed by atoms with Gasteiger partial charge in [-0.05, 0) is 49.7 Å². The van der Waals surface area contributed by atoms with Crippen molar-refractivity contribution in [1.29, 1.82) is 0 Å². The number of hydrogen-bond donors (Lipinski definition) is 0. The molecule has 0 fully saturated rings. The van der Waals surface area contributed by atoms with Crippen LogP contribution in [0.15, 0.2) is 59.7 Å². The van der Waals surface area contributed by atoms with Crippen LogP contribution in [0.25, 0.3) is 27.4 Å². The van der Waals surface area contributed by atoms with E-state index >= 15 is 0 Å². The van der Waals surface area contributed by atoms with Crippen molar-refractivity contribution in [3.05, 3.63) is 76.3 Å². The molecular weight excluding hydrogens is 356 g/mol. The number of carbonyl (C=O) groups is 1. The van der Waals surface area contributed by atoms with Gasteiger partial charge in [0.25, 0.3) is 0 Å². The fourth-order valence-electron chi connectivity index (χ4n) is 3.10. The molecule has 0 unspecified atom stereocenters. The van der Waals surface area contributed by atoms with E-state index in [9.17, 15) is 4.79 Å². The quantitative estimate of drug-likeness (QED) is 0.243. The van der Waals surface area contributed by atoms with E-state index in [1.807, 2.05) is 47.9 Å². The van der Waals surface area contributed by atoms with Gasteiger partial charge >= 0.3 is 5.97 Å². The molecule has 28 heavy (non-hydrogen) atoms. The summed E-state index contributed by atoms with van der Waals surface area (Å²) in [6, 6.07) is 16.6. The van der Waals surface area contributed by atoms with Gasteiger partial charge in [-0.1, -0.05) is 29.4 Å². The molecule has 7 nitrogen and oxygen atoms in total. The summed E-state index contributed by atoms with van der Waals surface area (Å²) < 4.78 is 12.5. The minimum atomic E-state index is -0.380. The standard InChI is InChI=1S/C21H20N4O3/c1-4-28-21(26)19-13-20(15-7-5-10-18(11-15)27-3)25(14(19)2)17-9-6-8-16(12-17)23-24-22/h5-13H,4H2,1-3H3. The molecule has 0 saturated carbocycles. The number of esters is 1. The second kappa shape index (κ2) is 8.33. The summed E-state index contributed by atoms with van der Waals surface area (Å²) in [6.07, 6.45) is 0. The van der Waals surface area contributed by atoms with E-state index in [-0.39, 0.29) is 5.97 Å². The van der Waals surface area contributed by atoms with Crippen molar-refractivity contribution in [2.75, 3.05) is 13.7 Å². The van der Waals surface area contributed by atoms with Crippen LogP contribution in [0, 0.1) is 6.92 Å². The van der Waals surface area contributed by atoms with E-state index in [4.69, 9.17) is 15.0 Å². The Morgan fingerprint density at radius 1 is 1.18 bits per heavy atom. The van der Waals surface area contributed by atoms with Crippen molar-refractivity contribution >= 4 is 11.7 Å². The summed E-state index contributed by atoms with van der Waals surface area (Å²) in [5.74, 6) is 0.331. The number of benzene rings is 2. The van der Waals surface area contributed by atoms with Gasteiger partial charge in [0.2, 0.25) is 0 Å². The third kappa shape index (κ3) is 3.70. The van der Waals surface area contributed by atoms with Crippen LogP contribution in [0.2, 0.25) is 0 Å². The Labute approximate surface area is 162 Å². The van der Waals surface area contributed by atoms with Crippen LogP contribution < -0.4 is 4.74 Å². The zero-order valence-corrected chi connectivity index (χ0v) is 15.9. The third-order valence-electron chi connectivity index (χ3n) is 4.36. The third-order valence-corrected chi connectivity index (χ3v) is 4.36. The Morgan fingerprint density at radius 2 is 1.96 bits per heavy atom. The van der Waals surface area contributed by atoms with Gasteiger partial charge in [0, 0.05) is 27.5 Å². The molecular formula is C21H20N4O3. The number of aromatic nitrogens is 1. The number of methoxy groups -OCH3 is 1. The Hall–Kier alpha value is -3.70. The Bertz CT molecular complexity index is 1070. The molecule has 0 aliphatic heterocycles. The first-order chi connectivity index (χ1) is 13.6. The normalized spacial score (nSPS) is 10.2. The van der Waals surface area contributed by atoms with E-state index in [2.05, 4.69) is 10.0 Å². The fourth-order valence-corrected chi connectivity index (χ4v) is 3.10. The average molecular weight is 376 g/mol. The second-order valence-corrected chi connectivity index (χ2v) is 6.03. The first-order valence-electron chi connectivity index (χ1n) is 8.78. The zero-order valence-electron chi connectivity index (χ0n) is 15.9. The van der Waals surface area contributed by atoms with Crippen LogP contribution >= 0.6 is 0 Å². The van der Waals surface area contributed by atoms with Gasteiger partial charge in [0.1, 0.15) is 5.75 Å². The van der Waals surface area contributed by atoms with Crippen LogP contribution in [-0.2, 0) is 4.74 Å². The van der Waals surface area contributed by atoms with E-state index in [1.54, 1.807) is 32.2 Å². The highest BCUT2D eigenvalue weighted by Gasteiger charge is 2.20. The molecule has 0 amide bonds. The van der Waals surface area contributed by atoms with Crippen molar-refractivity contribution in [3.63, 3.8) is 0 Å². The van der Waals surface area contributed by atoms with Crippen LogP contribution in [0.5, 0.6) is 5.75 Å². The highest BCUT2D eigenvalue weighted by atomic mass is 16.5. The first kappa shape index (κ1) is 19.1. The van der Waals surface area contributed by atoms with E-state index in [0.29, 0.717) is 23.6 Å². The van der Waals surface area contributed by atoms with E-state index in [0.717, 1.165) is 22.6 Å². The van der Waals surface area contributed by atoms with Crippen molar-refractivity contribution < 1.29 is 14.3 Å². The number of rotatable bonds is 6. The minimum Gasteiger partial charge on any atom is -0.497 e. The van der Waals surface area contributed by atoms with E-state index in [1.165, 1.54) is 0 Å². The van der Waals surface area contributed by atoms with Gasteiger partial charge in [0.15, 0.2) is 0 Å². The zero-order chi connectivity index (χ0) is 20.1. The topological polar surface area (TPSA) is 89.2 Å². The van der Waals surface area contributed by atoms with Crippen molar-refractivity contribution in [2.24, 2.45) is 5.11 Å². The molecule has 3 rings (SSSR count). The SMILES string of the molecule is CCOC(=O)c1cc(-c2cccc(OC)c2)n(-c2cccc(N=[N+]=[N-])c2)c1C. The molecule has 0 saturated heterocycles. The molecule has 0 spiro atoms. The second-order valence-electron chi connectivity index (χ2n) is 6.03. The Morgan fingerprint density at radius 3 is 2.68 bits per heavy atom. The number of ether oxygens (including phenoxy) is 2. The number of nitrogens with zero attached hydrogens (tertiary/aromatic N) is 4. The summed E-state index contributed by atoms with van der Waals surface area (Å²) >= 11 is 0. The van der Waals surface area contributed by atoms with Gasteiger partial charge in [-0.3, -0.25) is 0 Å². The van der Waals surface area contributed by atoms with Gasteiger partial charge in [-0.15, -0.1) is 0 Å². The molecule has 7 heteroatoms. The number of hydrogen-bond acceptors (Lipinski definition) is 4. The summed E-state index contributed by atoms with van der Waals surface area (Å²) in [6.45, 7) is 3.93. The summed E-state index contributed by atoms with van der Waals surface area (Å²) in [7, 11) is 1.61. The maximum atomic E-state index is 12.5. The summed E-state index contributed by atoms with van der Waals surface area (Å²) in [5, 5.41) is 3.68. The molecule has 1 heterocycles. The molecule has 0 atom stereocenters. The van der Waals surface area contributed by atoms with Crippen LogP contribution in [0.3, 0.4) is 0 Å². The van der Waals surface area contributed by atoms with Crippen LogP contribution in [0.1, 0.15) is 23.0 Å². The summed E-state index contributed by atoms with van der Waals surface area (Å²) in [4.78, 5) is 15.3. The molecule has 0 aliphatic rings. The highest BCUT2D eigenvalue weighted by Crippen LogP contribution is 2.32. The lowest BCUT2D eigenvalue weighted by Crippen LogP contribution is -2.06. The molecule has 1 aromatic heterocycles. The molecule has 2 aromatic carbocycles. The lowest BCUT2D eigenvalue weighted by Gasteiger charge is -2.13. The monoisotopic (exact) mass is 376 g/mol. The Kier molecular flexibility index (Phi) is 5.67. The largest absolute Gasteiger partial charge is 0.497 e. The van der Waals surface area contributed by atoms with Crippen molar-refractivity contribution in [3.8, 4) is 22.7 Å². The molecule has 0 aliphatic carbocycles. The molecule has 142 valence electrons. The Balaban J connectivity index is 2.25. The maximum Gasteiger partial charge on any atom is 0.339 e. The maximum absolute atomic E-state index is 12.5. The van der Waals surface area contributed by atoms with Crippen LogP contribution in [-0.4, -0.2) is 24.3 Å². The van der Waals surface area contributed by atoms with Crippen LogP contribution in [0.4, 0.5) is 5.69 Å². The lowest BCUT2D eigenvalue weighted by atomic mass is 10.1. The smallest absolute Gasteiger partial charge is 0.339 e. The van der Waals surface area contributed by atoms with Gasteiger partial charge < -0.3 is 14.0 Å². The van der Waals surface area contributed by atoms with Crippen molar-refractivity contribution in [2.45, 2.75) is 13.8 Å². The highest BCUT2D eigenvalue weighted by molar-refractivity contribution is 5.93. The average Bonchev–Trinajstić information content (AvgIpc) is 3.06. The van der Waals surface area contributed by atoms with Gasteiger partial charge in [-0.25, -0.2) is 4.79 Å². The van der Waals surface area contributed by atoms with Crippen molar-refractivity contribution in [1.82, 2.24) is 4.57 Å². The fraction of sp³-hybridized carbons (Fsp3) is 0.190. The van der Waals surface area contributed by atoms with Gasteiger partial charge in [0.05, 0.1) is 25.0 Å². The molecule has 3 aromatic rings. The molecule has 0 bridgehead atoms. The van der Waals surface area contributed by atoms with E-state index < -0.39 is 0 Å². The summed E-state index contributed by atoms with van der Waals surface area (Å²) in [5.41, 5.74) is 12.9. The van der Waals surface area contributed by atoms with Gasteiger partial charge in [-0.2, -0.15) is 0 Å². The minimum absolute atomic E-state index is 0.296. The molecule has 0 N–H and O–H groups in total. The molecule has 0 radical (unpaired) electrons. The predicted molar refractivity (Wildman–Crippen MR) is 107 cm³/mol. The predicted octanol–water partition coefficient (Wildman–Crippen LogP) is 5.58. The first-order valence-corrected chi connectivity index (χ1v) is 8.78. The number of carbonyl (C=O) groups excluding carboxylic acids is 1. The lowest BCUT2D eigenvalue weighted by molar-refractivity contribution is 0.0525.